The van der Waals surface area contributed by atoms with E-state index in [0.717, 1.165) is 23.2 Å². The SMILES string of the molecule is Brc1ccccc1OCC1Cc2ccccc2S1. The van der Waals surface area contributed by atoms with E-state index in [0.29, 0.717) is 5.25 Å². The Morgan fingerprint density at radius 1 is 1.11 bits per heavy atom. The molecule has 0 N–H and O–H groups in total. The van der Waals surface area contributed by atoms with Crippen molar-refractivity contribution in [3.05, 3.63) is 58.6 Å². The molecule has 0 bridgehead atoms. The average molecular weight is 321 g/mol. The molecule has 1 aliphatic heterocycles. The number of hydrogen-bond acceptors (Lipinski definition) is 2. The molecule has 2 aromatic carbocycles. The Kier molecular flexibility index (Phi) is 3.62. The molecule has 0 spiro atoms. The van der Waals surface area contributed by atoms with Crippen molar-refractivity contribution in [2.24, 2.45) is 0 Å². The van der Waals surface area contributed by atoms with Gasteiger partial charge in [-0.2, -0.15) is 0 Å². The maximum atomic E-state index is 5.88. The second-order valence-electron chi connectivity index (χ2n) is 4.29. The smallest absolute Gasteiger partial charge is 0.133 e. The van der Waals surface area contributed by atoms with E-state index in [1.807, 2.05) is 36.0 Å². The minimum absolute atomic E-state index is 0.523. The number of thioether (sulfide) groups is 1. The number of para-hydroxylation sites is 1. The Morgan fingerprint density at radius 3 is 2.72 bits per heavy atom. The van der Waals surface area contributed by atoms with Crippen molar-refractivity contribution in [2.45, 2.75) is 16.6 Å². The normalized spacial score (nSPS) is 17.5. The fourth-order valence-corrected chi connectivity index (χ4v) is 3.71. The maximum Gasteiger partial charge on any atom is 0.133 e. The summed E-state index contributed by atoms with van der Waals surface area (Å²) in [5, 5.41) is 0.523. The van der Waals surface area contributed by atoms with E-state index >= 15 is 0 Å². The van der Waals surface area contributed by atoms with Crippen molar-refractivity contribution in [2.75, 3.05) is 6.61 Å². The van der Waals surface area contributed by atoms with Gasteiger partial charge in [-0.3, -0.25) is 0 Å². The highest BCUT2D eigenvalue weighted by Gasteiger charge is 2.22. The topological polar surface area (TPSA) is 9.23 Å². The summed E-state index contributed by atoms with van der Waals surface area (Å²) in [5.74, 6) is 0.925. The van der Waals surface area contributed by atoms with Gasteiger partial charge >= 0.3 is 0 Å². The molecular weight excluding hydrogens is 308 g/mol. The van der Waals surface area contributed by atoms with Crippen molar-refractivity contribution in [3.63, 3.8) is 0 Å². The van der Waals surface area contributed by atoms with Crippen molar-refractivity contribution in [3.8, 4) is 5.75 Å². The van der Waals surface area contributed by atoms with Crippen LogP contribution in [0.25, 0.3) is 0 Å². The van der Waals surface area contributed by atoms with Gasteiger partial charge in [-0.25, -0.2) is 0 Å². The first kappa shape index (κ1) is 12.1. The Bertz CT molecular complexity index is 531. The van der Waals surface area contributed by atoms with Crippen molar-refractivity contribution < 1.29 is 4.74 Å². The highest BCUT2D eigenvalue weighted by atomic mass is 79.9. The number of hydrogen-bond donors (Lipinski definition) is 0. The molecule has 0 aliphatic carbocycles. The van der Waals surface area contributed by atoms with Gasteiger partial charge in [-0.1, -0.05) is 30.3 Å². The third-order valence-corrected chi connectivity index (χ3v) is 4.92. The molecule has 1 unspecified atom stereocenters. The van der Waals surface area contributed by atoms with Crippen LogP contribution in [-0.2, 0) is 6.42 Å². The van der Waals surface area contributed by atoms with Crippen molar-refractivity contribution in [1.29, 1.82) is 0 Å². The minimum atomic E-state index is 0.523. The molecule has 3 heteroatoms. The van der Waals surface area contributed by atoms with Gasteiger partial charge in [0.2, 0.25) is 0 Å². The molecule has 1 nitrogen and oxygen atoms in total. The maximum absolute atomic E-state index is 5.88. The standard InChI is InChI=1S/C15H13BrOS/c16-13-6-2-3-7-14(13)17-10-12-9-11-5-1-4-8-15(11)18-12/h1-8,12H,9-10H2. The van der Waals surface area contributed by atoms with Crippen LogP contribution in [0.4, 0.5) is 0 Å². The number of fused-ring (bicyclic) bond motifs is 1. The fourth-order valence-electron chi connectivity index (χ4n) is 2.09. The van der Waals surface area contributed by atoms with Crippen molar-refractivity contribution >= 4 is 27.7 Å². The lowest BCUT2D eigenvalue weighted by Gasteiger charge is -2.11. The molecule has 92 valence electrons. The third kappa shape index (κ3) is 2.57. The summed E-state index contributed by atoms with van der Waals surface area (Å²) in [7, 11) is 0. The van der Waals surface area contributed by atoms with Gasteiger partial charge in [-0.15, -0.1) is 11.8 Å². The molecule has 0 aromatic heterocycles. The number of rotatable bonds is 3. The molecule has 0 amide bonds. The van der Waals surface area contributed by atoms with Crippen LogP contribution in [0.5, 0.6) is 5.75 Å². The van der Waals surface area contributed by atoms with Crippen LogP contribution in [0, 0.1) is 0 Å². The summed E-state index contributed by atoms with van der Waals surface area (Å²) < 4.78 is 6.90. The Balaban J connectivity index is 1.62. The van der Waals surface area contributed by atoms with Gasteiger partial charge in [-0.05, 0) is 46.1 Å². The first-order valence-electron chi connectivity index (χ1n) is 5.95. The third-order valence-electron chi connectivity index (χ3n) is 2.98. The van der Waals surface area contributed by atoms with Gasteiger partial charge in [0, 0.05) is 10.1 Å². The molecule has 1 heterocycles. The van der Waals surface area contributed by atoms with Crippen molar-refractivity contribution in [1.82, 2.24) is 0 Å². The number of halogens is 1. The molecule has 2 aromatic rings. The molecule has 3 rings (SSSR count). The first-order chi connectivity index (χ1) is 8.83. The summed E-state index contributed by atoms with van der Waals surface area (Å²) in [6.45, 7) is 0.752. The second-order valence-corrected chi connectivity index (χ2v) is 6.49. The van der Waals surface area contributed by atoms with Crippen LogP contribution in [0.15, 0.2) is 57.9 Å². The largest absolute Gasteiger partial charge is 0.491 e. The van der Waals surface area contributed by atoms with E-state index in [4.69, 9.17) is 4.74 Å². The van der Waals surface area contributed by atoms with Gasteiger partial charge in [0.05, 0.1) is 4.47 Å². The van der Waals surface area contributed by atoms with E-state index in [1.165, 1.54) is 10.5 Å². The van der Waals surface area contributed by atoms with Crippen LogP contribution >= 0.6 is 27.7 Å². The predicted molar refractivity (Wildman–Crippen MR) is 79.4 cm³/mol. The summed E-state index contributed by atoms with van der Waals surface area (Å²) in [5.41, 5.74) is 1.45. The predicted octanol–water partition coefficient (Wildman–Crippen LogP) is 4.54. The lowest BCUT2D eigenvalue weighted by Crippen LogP contribution is -2.13. The van der Waals surface area contributed by atoms with Gasteiger partial charge in [0.25, 0.3) is 0 Å². The number of ether oxygens (including phenoxy) is 1. The van der Waals surface area contributed by atoms with Gasteiger partial charge < -0.3 is 4.74 Å². The van der Waals surface area contributed by atoms with Gasteiger partial charge in [0.1, 0.15) is 12.4 Å². The van der Waals surface area contributed by atoms with E-state index in [-0.39, 0.29) is 0 Å². The van der Waals surface area contributed by atoms with Gasteiger partial charge in [0.15, 0.2) is 0 Å². The molecule has 0 saturated carbocycles. The Hall–Kier alpha value is -0.930. The molecule has 0 saturated heterocycles. The summed E-state index contributed by atoms with van der Waals surface area (Å²) in [6, 6.07) is 16.6. The number of benzene rings is 2. The first-order valence-corrected chi connectivity index (χ1v) is 7.62. The molecule has 0 fully saturated rings. The monoisotopic (exact) mass is 320 g/mol. The molecule has 18 heavy (non-hydrogen) atoms. The summed E-state index contributed by atoms with van der Waals surface area (Å²) >= 11 is 5.42. The van der Waals surface area contributed by atoms with Crippen LogP contribution in [0.1, 0.15) is 5.56 Å². The van der Waals surface area contributed by atoms with E-state index in [2.05, 4.69) is 40.2 Å². The fraction of sp³-hybridized carbons (Fsp3) is 0.200. The highest BCUT2D eigenvalue weighted by molar-refractivity contribution is 9.10. The highest BCUT2D eigenvalue weighted by Crippen LogP contribution is 2.37. The lowest BCUT2D eigenvalue weighted by atomic mass is 10.1. The molecule has 1 aliphatic rings. The van der Waals surface area contributed by atoms with E-state index in [1.54, 1.807) is 0 Å². The van der Waals surface area contributed by atoms with Crippen LogP contribution in [0.3, 0.4) is 0 Å². The summed E-state index contributed by atoms with van der Waals surface area (Å²) in [6.07, 6.45) is 1.10. The second kappa shape index (κ2) is 5.37. The molecule has 0 radical (unpaired) electrons. The van der Waals surface area contributed by atoms with E-state index in [9.17, 15) is 0 Å². The zero-order valence-corrected chi connectivity index (χ0v) is 12.2. The van der Waals surface area contributed by atoms with Crippen LogP contribution in [0.2, 0.25) is 0 Å². The lowest BCUT2D eigenvalue weighted by molar-refractivity contribution is 0.315. The van der Waals surface area contributed by atoms with E-state index < -0.39 is 0 Å². The zero-order valence-electron chi connectivity index (χ0n) is 9.80. The minimum Gasteiger partial charge on any atom is -0.491 e. The Labute approximate surface area is 120 Å². The molecular formula is C15H13BrOS. The Morgan fingerprint density at radius 2 is 1.89 bits per heavy atom. The van der Waals surface area contributed by atoms with Crippen LogP contribution < -0.4 is 4.74 Å². The average Bonchev–Trinajstić information content (AvgIpc) is 2.80. The quantitative estimate of drug-likeness (QED) is 0.820. The zero-order chi connectivity index (χ0) is 12.4. The van der Waals surface area contributed by atoms with Crippen LogP contribution in [-0.4, -0.2) is 11.9 Å². The summed E-state index contributed by atoms with van der Waals surface area (Å²) in [4.78, 5) is 1.40. The molecule has 1 atom stereocenters.